The largest absolute Gasteiger partial charge is 0.475 e. The maximum absolute atomic E-state index is 10.8. The molecular weight excluding hydrogens is 306 g/mol. The Morgan fingerprint density at radius 3 is 2.69 bits per heavy atom. The number of nitriles is 1. The van der Waals surface area contributed by atoms with Gasteiger partial charge in [-0.15, -0.1) is 4.79 Å². The van der Waals surface area contributed by atoms with E-state index in [0.717, 1.165) is 0 Å². The van der Waals surface area contributed by atoms with Crippen molar-refractivity contribution in [3.8, 4) is 6.07 Å². The lowest BCUT2D eigenvalue weighted by atomic mass is 10.4. The summed E-state index contributed by atoms with van der Waals surface area (Å²) in [5.74, 6) is -0.970. The Morgan fingerprint density at radius 2 is 2.31 bits per heavy atom. The van der Waals surface area contributed by atoms with Crippen LogP contribution in [-0.2, 0) is 9.53 Å². The summed E-state index contributed by atoms with van der Waals surface area (Å²) in [6.07, 6.45) is 1.50. The van der Waals surface area contributed by atoms with Crippen molar-refractivity contribution in [2.75, 3.05) is 6.61 Å². The second-order valence-corrected chi connectivity index (χ2v) is 4.43. The van der Waals surface area contributed by atoms with Crippen molar-refractivity contribution >= 4 is 43.5 Å². The second-order valence-electron chi connectivity index (χ2n) is 1.65. The first-order valence-corrected chi connectivity index (χ1v) is 4.51. The van der Waals surface area contributed by atoms with Gasteiger partial charge in [-0.2, -0.15) is 5.26 Å². The molecule has 0 aromatic heterocycles. The van der Waals surface area contributed by atoms with Crippen molar-refractivity contribution < 1.29 is 14.3 Å². The van der Waals surface area contributed by atoms with Gasteiger partial charge in [0, 0.05) is 0 Å². The standard InChI is InChI=1S/C6H3Br2N3O2/c7-5(8)1-2-13-6(12)4(3-9)11-10/h1H,2H2. The molecule has 0 saturated heterocycles. The van der Waals surface area contributed by atoms with Crippen molar-refractivity contribution in [1.29, 1.82) is 5.26 Å². The minimum Gasteiger partial charge on any atom is -0.452 e. The zero-order valence-electron chi connectivity index (χ0n) is 6.20. The fourth-order valence-electron chi connectivity index (χ4n) is 0.358. The molecule has 0 spiro atoms. The SMILES string of the molecule is N#CC(=[N+]=[N-])C(=O)OCC=C(Br)Br. The summed E-state index contributed by atoms with van der Waals surface area (Å²) in [5, 5.41) is 8.23. The van der Waals surface area contributed by atoms with Crippen molar-refractivity contribution in [2.24, 2.45) is 0 Å². The Morgan fingerprint density at radius 1 is 1.69 bits per heavy atom. The summed E-state index contributed by atoms with van der Waals surface area (Å²) in [6.45, 7) is -0.0225. The Kier molecular flexibility index (Phi) is 6.06. The molecule has 0 heterocycles. The number of hydrogen-bond acceptors (Lipinski definition) is 3. The molecule has 0 atom stereocenters. The molecule has 68 valence electrons. The van der Waals surface area contributed by atoms with Crippen molar-refractivity contribution in [3.63, 3.8) is 0 Å². The van der Waals surface area contributed by atoms with E-state index in [1.54, 1.807) is 0 Å². The van der Waals surface area contributed by atoms with Gasteiger partial charge in [0.1, 0.15) is 6.61 Å². The molecule has 0 rings (SSSR count). The number of carbonyl (C=O) groups excluding carboxylic acids is 1. The molecule has 0 aromatic carbocycles. The van der Waals surface area contributed by atoms with E-state index < -0.39 is 11.7 Å². The molecule has 0 saturated carbocycles. The van der Waals surface area contributed by atoms with Gasteiger partial charge < -0.3 is 10.3 Å². The molecule has 5 nitrogen and oxygen atoms in total. The zero-order chi connectivity index (χ0) is 10.3. The summed E-state index contributed by atoms with van der Waals surface area (Å²) in [4.78, 5) is 13.2. The minimum absolute atomic E-state index is 0.0225. The number of rotatable bonds is 3. The first kappa shape index (κ1) is 12.0. The van der Waals surface area contributed by atoms with Crippen LogP contribution in [0.1, 0.15) is 0 Å². The van der Waals surface area contributed by atoms with Gasteiger partial charge in [0.15, 0.2) is 6.07 Å². The van der Waals surface area contributed by atoms with Gasteiger partial charge in [0.25, 0.3) is 0 Å². The van der Waals surface area contributed by atoms with Crippen LogP contribution in [0.4, 0.5) is 0 Å². The number of hydrogen-bond donors (Lipinski definition) is 0. The normalized spacial score (nSPS) is 7.77. The first-order valence-electron chi connectivity index (χ1n) is 2.92. The van der Waals surface area contributed by atoms with E-state index >= 15 is 0 Å². The van der Waals surface area contributed by atoms with Gasteiger partial charge in [-0.1, -0.05) is 0 Å². The van der Waals surface area contributed by atoms with Crippen molar-refractivity contribution in [2.45, 2.75) is 0 Å². The van der Waals surface area contributed by atoms with E-state index in [1.165, 1.54) is 12.1 Å². The topological polar surface area (TPSA) is 86.5 Å². The minimum atomic E-state index is -0.970. The number of ether oxygens (including phenoxy) is 1. The summed E-state index contributed by atoms with van der Waals surface area (Å²) in [7, 11) is 0. The van der Waals surface area contributed by atoms with E-state index in [9.17, 15) is 4.79 Å². The van der Waals surface area contributed by atoms with Crippen LogP contribution in [-0.4, -0.2) is 23.1 Å². The number of halogens is 2. The lowest BCUT2D eigenvalue weighted by Gasteiger charge is -1.93. The van der Waals surface area contributed by atoms with E-state index in [4.69, 9.17) is 10.8 Å². The molecule has 0 aromatic rings. The Labute approximate surface area is 90.9 Å². The number of esters is 1. The van der Waals surface area contributed by atoms with Gasteiger partial charge >= 0.3 is 11.7 Å². The molecule has 0 fully saturated rings. The summed E-state index contributed by atoms with van der Waals surface area (Å²) in [6, 6.07) is 1.37. The van der Waals surface area contributed by atoms with Crippen LogP contribution in [0.3, 0.4) is 0 Å². The average Bonchev–Trinajstić information content (AvgIpc) is 2.05. The van der Waals surface area contributed by atoms with E-state index in [2.05, 4.69) is 41.4 Å². The van der Waals surface area contributed by atoms with Crippen molar-refractivity contribution in [3.05, 3.63) is 15.0 Å². The van der Waals surface area contributed by atoms with Crippen molar-refractivity contribution in [1.82, 2.24) is 0 Å². The molecule has 0 aliphatic heterocycles. The molecule has 0 aliphatic rings. The number of carbonyl (C=O) groups is 1. The van der Waals surface area contributed by atoms with Gasteiger partial charge in [-0.25, -0.2) is 4.79 Å². The molecule has 0 radical (unpaired) electrons. The molecule has 0 amide bonds. The van der Waals surface area contributed by atoms with Crippen LogP contribution in [0.2, 0.25) is 0 Å². The van der Waals surface area contributed by atoms with Crippen LogP contribution in [0.25, 0.3) is 5.53 Å². The Bertz CT molecular complexity index is 321. The third-order valence-corrected chi connectivity index (χ3v) is 1.50. The highest BCUT2D eigenvalue weighted by atomic mass is 79.9. The maximum Gasteiger partial charge on any atom is 0.475 e. The quantitative estimate of drug-likeness (QED) is 0.341. The molecular formula is C6H3Br2N3O2. The molecule has 0 unspecified atom stereocenters. The highest BCUT2D eigenvalue weighted by Crippen LogP contribution is 2.11. The number of nitrogens with zero attached hydrogens (tertiary/aromatic N) is 3. The maximum atomic E-state index is 10.8. The predicted molar refractivity (Wildman–Crippen MR) is 51.1 cm³/mol. The van der Waals surface area contributed by atoms with Gasteiger partial charge in [-0.3, -0.25) is 0 Å². The summed E-state index contributed by atoms with van der Waals surface area (Å²) < 4.78 is 5.13. The smallest absolute Gasteiger partial charge is 0.452 e. The monoisotopic (exact) mass is 307 g/mol. The van der Waals surface area contributed by atoms with E-state index in [1.807, 2.05) is 0 Å². The van der Waals surface area contributed by atoms with Crippen LogP contribution >= 0.6 is 31.9 Å². The summed E-state index contributed by atoms with van der Waals surface area (Å²) >= 11 is 6.08. The fraction of sp³-hybridized carbons (Fsp3) is 0.167. The van der Waals surface area contributed by atoms with Gasteiger partial charge in [-0.05, 0) is 37.9 Å². The van der Waals surface area contributed by atoms with Crippen LogP contribution in [0, 0.1) is 11.3 Å². The van der Waals surface area contributed by atoms with Crippen LogP contribution < -0.4 is 0 Å². The van der Waals surface area contributed by atoms with Crippen LogP contribution in [0.15, 0.2) is 9.47 Å². The third-order valence-electron chi connectivity index (χ3n) is 0.851. The highest BCUT2D eigenvalue weighted by molar-refractivity contribution is 9.28. The Hall–Kier alpha value is -0.960. The summed E-state index contributed by atoms with van der Waals surface area (Å²) in [5.41, 5.74) is 7.45. The van der Waals surface area contributed by atoms with Crippen LogP contribution in [0.5, 0.6) is 0 Å². The van der Waals surface area contributed by atoms with E-state index in [0.29, 0.717) is 3.39 Å². The molecule has 13 heavy (non-hydrogen) atoms. The van der Waals surface area contributed by atoms with Gasteiger partial charge in [0.2, 0.25) is 0 Å². The van der Waals surface area contributed by atoms with E-state index in [-0.39, 0.29) is 6.61 Å². The average molecular weight is 309 g/mol. The lowest BCUT2D eigenvalue weighted by molar-refractivity contribution is -0.138. The van der Waals surface area contributed by atoms with Gasteiger partial charge in [0.05, 0.1) is 3.39 Å². The lowest BCUT2D eigenvalue weighted by Crippen LogP contribution is -2.16. The molecule has 7 heteroatoms. The molecule has 0 aliphatic carbocycles. The second kappa shape index (κ2) is 6.54. The zero-order valence-corrected chi connectivity index (χ0v) is 9.37. The Balaban J connectivity index is 4.12. The molecule has 0 bridgehead atoms. The fourth-order valence-corrected chi connectivity index (χ4v) is 0.622. The third kappa shape index (κ3) is 5.31. The highest BCUT2D eigenvalue weighted by Gasteiger charge is 2.20. The predicted octanol–water partition coefficient (Wildman–Crippen LogP) is 1.36. The molecule has 0 N–H and O–H groups in total. The first-order chi connectivity index (χ1) is 6.11.